The van der Waals surface area contributed by atoms with Crippen LogP contribution in [0.2, 0.25) is 0 Å². The first-order chi connectivity index (χ1) is 7.99. The highest BCUT2D eigenvalue weighted by atomic mass is 79.9. The topological polar surface area (TPSA) is 35.5 Å². The molecular weight excluding hydrogens is 305 g/mol. The standard InChI is InChI=1S/C10H8BrF3O3/c1-16-9(15)6-3-8(17-10(13)14)5(4-11)2-7(6)12/h2-3,10H,4H2,1H3. The highest BCUT2D eigenvalue weighted by Crippen LogP contribution is 2.27. The predicted octanol–water partition coefficient (Wildman–Crippen LogP) is 3.11. The van der Waals surface area contributed by atoms with Gasteiger partial charge < -0.3 is 9.47 Å². The summed E-state index contributed by atoms with van der Waals surface area (Å²) in [6, 6.07) is 1.84. The highest BCUT2D eigenvalue weighted by Gasteiger charge is 2.18. The zero-order valence-electron chi connectivity index (χ0n) is 8.68. The van der Waals surface area contributed by atoms with Crippen molar-refractivity contribution in [3.8, 4) is 5.75 Å². The van der Waals surface area contributed by atoms with E-state index in [0.29, 0.717) is 0 Å². The average molecular weight is 313 g/mol. The molecule has 0 atom stereocenters. The Bertz CT molecular complexity index is 424. The van der Waals surface area contributed by atoms with Gasteiger partial charge in [-0.05, 0) is 12.1 Å². The second kappa shape index (κ2) is 5.90. The quantitative estimate of drug-likeness (QED) is 0.633. The molecular formula is C10H8BrF3O3. The molecule has 0 aliphatic heterocycles. The summed E-state index contributed by atoms with van der Waals surface area (Å²) < 4.78 is 46.1. The molecule has 0 heterocycles. The Morgan fingerprint density at radius 3 is 2.59 bits per heavy atom. The maximum absolute atomic E-state index is 13.4. The van der Waals surface area contributed by atoms with Crippen molar-refractivity contribution in [2.24, 2.45) is 0 Å². The van der Waals surface area contributed by atoms with Gasteiger partial charge in [0.25, 0.3) is 0 Å². The normalized spacial score (nSPS) is 10.5. The molecule has 0 aromatic heterocycles. The lowest BCUT2D eigenvalue weighted by molar-refractivity contribution is -0.0504. The van der Waals surface area contributed by atoms with E-state index in [1.807, 2.05) is 0 Å². The fourth-order valence-electron chi connectivity index (χ4n) is 1.17. The van der Waals surface area contributed by atoms with Gasteiger partial charge in [-0.2, -0.15) is 8.78 Å². The first-order valence-electron chi connectivity index (χ1n) is 4.41. The van der Waals surface area contributed by atoms with Crippen LogP contribution in [0.15, 0.2) is 12.1 Å². The first-order valence-corrected chi connectivity index (χ1v) is 5.53. The van der Waals surface area contributed by atoms with Gasteiger partial charge in [0.05, 0.1) is 12.7 Å². The van der Waals surface area contributed by atoms with E-state index in [0.717, 1.165) is 19.2 Å². The van der Waals surface area contributed by atoms with Gasteiger partial charge in [0.2, 0.25) is 0 Å². The van der Waals surface area contributed by atoms with Gasteiger partial charge >= 0.3 is 12.6 Å². The Balaban J connectivity index is 3.22. The molecule has 0 unspecified atom stereocenters. The summed E-state index contributed by atoms with van der Waals surface area (Å²) in [6.45, 7) is -3.05. The van der Waals surface area contributed by atoms with E-state index in [-0.39, 0.29) is 16.6 Å². The molecule has 0 aliphatic rings. The van der Waals surface area contributed by atoms with Crippen LogP contribution in [0.25, 0.3) is 0 Å². The zero-order valence-corrected chi connectivity index (χ0v) is 10.3. The summed E-state index contributed by atoms with van der Waals surface area (Å²) >= 11 is 3.00. The lowest BCUT2D eigenvalue weighted by atomic mass is 10.1. The third kappa shape index (κ3) is 3.36. The minimum atomic E-state index is -3.05. The minimum absolute atomic E-state index is 0.118. The Kier molecular flexibility index (Phi) is 4.80. The number of halogens is 4. The molecule has 0 amide bonds. The smallest absolute Gasteiger partial charge is 0.387 e. The summed E-state index contributed by atoms with van der Waals surface area (Å²) in [5.41, 5.74) is -0.275. The number of rotatable bonds is 4. The Labute approximate surface area is 104 Å². The molecule has 0 bridgehead atoms. The largest absolute Gasteiger partial charge is 0.465 e. The molecule has 7 heteroatoms. The van der Waals surface area contributed by atoms with Crippen LogP contribution in [-0.2, 0) is 10.1 Å². The van der Waals surface area contributed by atoms with Gasteiger partial charge in [-0.15, -0.1) is 0 Å². The number of esters is 1. The fourth-order valence-corrected chi connectivity index (χ4v) is 1.61. The lowest BCUT2D eigenvalue weighted by Crippen LogP contribution is -2.09. The monoisotopic (exact) mass is 312 g/mol. The second-order valence-electron chi connectivity index (χ2n) is 2.94. The van der Waals surface area contributed by atoms with E-state index in [9.17, 15) is 18.0 Å². The molecule has 1 rings (SSSR count). The molecule has 0 saturated heterocycles. The van der Waals surface area contributed by atoms with Crippen molar-refractivity contribution in [2.75, 3.05) is 7.11 Å². The number of alkyl halides is 3. The van der Waals surface area contributed by atoms with Crippen molar-refractivity contribution >= 4 is 21.9 Å². The van der Waals surface area contributed by atoms with Crippen LogP contribution in [0.1, 0.15) is 15.9 Å². The second-order valence-corrected chi connectivity index (χ2v) is 3.50. The molecule has 0 fully saturated rings. The van der Waals surface area contributed by atoms with Crippen LogP contribution >= 0.6 is 15.9 Å². The molecule has 17 heavy (non-hydrogen) atoms. The van der Waals surface area contributed by atoms with E-state index in [1.54, 1.807) is 0 Å². The molecule has 1 aromatic rings. The van der Waals surface area contributed by atoms with Crippen LogP contribution in [0.4, 0.5) is 13.2 Å². The van der Waals surface area contributed by atoms with Crippen molar-refractivity contribution in [3.63, 3.8) is 0 Å². The van der Waals surface area contributed by atoms with Crippen LogP contribution in [0.5, 0.6) is 5.75 Å². The lowest BCUT2D eigenvalue weighted by Gasteiger charge is -2.11. The van der Waals surface area contributed by atoms with Crippen LogP contribution in [0, 0.1) is 5.82 Å². The molecule has 0 N–H and O–H groups in total. The predicted molar refractivity (Wildman–Crippen MR) is 57.0 cm³/mol. The number of hydrogen-bond acceptors (Lipinski definition) is 3. The SMILES string of the molecule is COC(=O)c1cc(OC(F)F)c(CBr)cc1F. The van der Waals surface area contributed by atoms with Crippen molar-refractivity contribution in [1.82, 2.24) is 0 Å². The summed E-state index contributed by atoms with van der Waals surface area (Å²) in [5.74, 6) is -2.07. The van der Waals surface area contributed by atoms with Crippen molar-refractivity contribution in [1.29, 1.82) is 0 Å². The van der Waals surface area contributed by atoms with Gasteiger partial charge in [0.15, 0.2) is 0 Å². The molecule has 0 saturated carbocycles. The van der Waals surface area contributed by atoms with Crippen LogP contribution < -0.4 is 4.74 Å². The summed E-state index contributed by atoms with van der Waals surface area (Å²) in [7, 11) is 1.06. The van der Waals surface area contributed by atoms with Gasteiger partial charge in [-0.1, -0.05) is 15.9 Å². The summed E-state index contributed by atoms with van der Waals surface area (Å²) in [5, 5.41) is 0.118. The van der Waals surface area contributed by atoms with Gasteiger partial charge in [0.1, 0.15) is 11.6 Å². The van der Waals surface area contributed by atoms with Crippen LogP contribution in [0.3, 0.4) is 0 Å². The van der Waals surface area contributed by atoms with Crippen LogP contribution in [-0.4, -0.2) is 19.7 Å². The molecule has 3 nitrogen and oxygen atoms in total. The number of ether oxygens (including phenoxy) is 2. The highest BCUT2D eigenvalue weighted by molar-refractivity contribution is 9.08. The minimum Gasteiger partial charge on any atom is -0.465 e. The fraction of sp³-hybridized carbons (Fsp3) is 0.300. The van der Waals surface area contributed by atoms with Crippen molar-refractivity contribution in [3.05, 3.63) is 29.1 Å². The van der Waals surface area contributed by atoms with E-state index >= 15 is 0 Å². The molecule has 94 valence electrons. The van der Waals surface area contributed by atoms with Gasteiger partial charge in [-0.25, -0.2) is 9.18 Å². The maximum Gasteiger partial charge on any atom is 0.387 e. The molecule has 0 spiro atoms. The third-order valence-corrected chi connectivity index (χ3v) is 2.52. The number of hydrogen-bond donors (Lipinski definition) is 0. The number of carbonyl (C=O) groups is 1. The third-order valence-electron chi connectivity index (χ3n) is 1.92. The number of benzene rings is 1. The average Bonchev–Trinajstić information content (AvgIpc) is 2.29. The Morgan fingerprint density at radius 1 is 1.47 bits per heavy atom. The number of carbonyl (C=O) groups excluding carboxylic acids is 1. The maximum atomic E-state index is 13.4. The Hall–Kier alpha value is -1.24. The van der Waals surface area contributed by atoms with Gasteiger partial charge in [0, 0.05) is 10.9 Å². The molecule has 0 radical (unpaired) electrons. The van der Waals surface area contributed by atoms with E-state index in [4.69, 9.17) is 0 Å². The summed E-state index contributed by atoms with van der Waals surface area (Å²) in [4.78, 5) is 11.2. The zero-order chi connectivity index (χ0) is 13.0. The molecule has 0 aliphatic carbocycles. The van der Waals surface area contributed by atoms with E-state index in [2.05, 4.69) is 25.4 Å². The van der Waals surface area contributed by atoms with Gasteiger partial charge in [-0.3, -0.25) is 0 Å². The number of methoxy groups -OCH3 is 1. The van der Waals surface area contributed by atoms with Crippen molar-refractivity contribution < 1.29 is 27.4 Å². The summed E-state index contributed by atoms with van der Waals surface area (Å²) in [6.07, 6.45) is 0. The van der Waals surface area contributed by atoms with E-state index < -0.39 is 24.0 Å². The Morgan fingerprint density at radius 2 is 2.12 bits per heavy atom. The molecule has 1 aromatic carbocycles. The first kappa shape index (κ1) is 13.8. The van der Waals surface area contributed by atoms with Crippen molar-refractivity contribution in [2.45, 2.75) is 11.9 Å². The van der Waals surface area contributed by atoms with E-state index in [1.165, 1.54) is 0 Å².